The van der Waals surface area contributed by atoms with E-state index >= 15 is 0 Å². The molecule has 0 heterocycles. The second kappa shape index (κ2) is 5.85. The molecule has 3 N–H and O–H groups in total. The van der Waals surface area contributed by atoms with Crippen molar-refractivity contribution in [1.29, 1.82) is 0 Å². The van der Waals surface area contributed by atoms with Gasteiger partial charge in [-0.05, 0) is 35.4 Å². The highest BCUT2D eigenvalue weighted by Gasteiger charge is 2.16. The van der Waals surface area contributed by atoms with E-state index in [1.807, 2.05) is 0 Å². The quantitative estimate of drug-likeness (QED) is 0.385. The van der Waals surface area contributed by atoms with Gasteiger partial charge in [-0.2, -0.15) is 0 Å². The van der Waals surface area contributed by atoms with Crippen molar-refractivity contribution >= 4 is 17.3 Å². The number of rotatable bonds is 4. The first kappa shape index (κ1) is 14.2. The van der Waals surface area contributed by atoms with E-state index in [1.54, 1.807) is 31.4 Å². The number of azide groups is 1. The van der Waals surface area contributed by atoms with Crippen molar-refractivity contribution in [3.63, 3.8) is 0 Å². The van der Waals surface area contributed by atoms with Crippen molar-refractivity contribution < 1.29 is 14.6 Å². The number of ether oxygens (including phenoxy) is 1. The molecule has 0 amide bonds. The van der Waals surface area contributed by atoms with Gasteiger partial charge < -0.3 is 15.6 Å². The standard InChI is InChI=1S/C14H12N4O3/c1-21-10-4-2-8(3-5-10)13-11(14(19)20)6-9(17-18-16)7-12(13)15/h2-7H,15H2,1H3,(H,19,20). The van der Waals surface area contributed by atoms with Crippen molar-refractivity contribution in [2.45, 2.75) is 0 Å². The van der Waals surface area contributed by atoms with Crippen LogP contribution in [0.5, 0.6) is 5.75 Å². The van der Waals surface area contributed by atoms with Gasteiger partial charge in [-0.1, -0.05) is 17.2 Å². The van der Waals surface area contributed by atoms with Crippen LogP contribution in [0.1, 0.15) is 10.4 Å². The van der Waals surface area contributed by atoms with E-state index in [1.165, 1.54) is 12.1 Å². The molecular formula is C14H12N4O3. The van der Waals surface area contributed by atoms with Gasteiger partial charge in [-0.15, -0.1) is 0 Å². The molecule has 0 aromatic heterocycles. The predicted molar refractivity (Wildman–Crippen MR) is 78.6 cm³/mol. The minimum Gasteiger partial charge on any atom is -0.497 e. The van der Waals surface area contributed by atoms with Crippen LogP contribution < -0.4 is 10.5 Å². The zero-order valence-corrected chi connectivity index (χ0v) is 11.1. The van der Waals surface area contributed by atoms with Gasteiger partial charge in [0.25, 0.3) is 0 Å². The summed E-state index contributed by atoms with van der Waals surface area (Å²) in [4.78, 5) is 14.0. The Labute approximate surface area is 120 Å². The predicted octanol–water partition coefficient (Wildman–Crippen LogP) is 3.58. The number of hydrogen-bond donors (Lipinski definition) is 2. The van der Waals surface area contributed by atoms with Gasteiger partial charge in [0, 0.05) is 21.8 Å². The molecule has 21 heavy (non-hydrogen) atoms. The van der Waals surface area contributed by atoms with Gasteiger partial charge in [-0.25, -0.2) is 4.79 Å². The summed E-state index contributed by atoms with van der Waals surface area (Å²) in [6.45, 7) is 0. The number of hydrogen-bond acceptors (Lipinski definition) is 4. The molecular weight excluding hydrogens is 272 g/mol. The molecule has 0 fully saturated rings. The summed E-state index contributed by atoms with van der Waals surface area (Å²) in [5.74, 6) is -0.498. The Hall–Kier alpha value is -3.18. The zero-order valence-electron chi connectivity index (χ0n) is 11.1. The SMILES string of the molecule is COc1ccc(-c2c(N)cc(N=[N+]=[N-])cc2C(=O)O)cc1. The second-order valence-electron chi connectivity index (χ2n) is 4.18. The lowest BCUT2D eigenvalue weighted by molar-refractivity contribution is 0.0698. The molecule has 0 spiro atoms. The van der Waals surface area contributed by atoms with Crippen LogP contribution in [-0.2, 0) is 0 Å². The van der Waals surface area contributed by atoms with Gasteiger partial charge in [-0.3, -0.25) is 0 Å². The normalized spacial score (nSPS) is 9.76. The van der Waals surface area contributed by atoms with Gasteiger partial charge in [0.2, 0.25) is 0 Å². The van der Waals surface area contributed by atoms with Crippen LogP contribution in [0.2, 0.25) is 0 Å². The summed E-state index contributed by atoms with van der Waals surface area (Å²) in [6, 6.07) is 9.57. The summed E-state index contributed by atoms with van der Waals surface area (Å²) in [5, 5.41) is 12.7. The van der Waals surface area contributed by atoms with Crippen molar-refractivity contribution in [2.75, 3.05) is 12.8 Å². The number of nitrogen functional groups attached to an aromatic ring is 1. The molecule has 0 radical (unpaired) electrons. The maximum absolute atomic E-state index is 11.4. The molecule has 2 aromatic rings. The van der Waals surface area contributed by atoms with E-state index in [-0.39, 0.29) is 16.9 Å². The maximum Gasteiger partial charge on any atom is 0.336 e. The molecule has 0 bridgehead atoms. The Morgan fingerprint density at radius 1 is 1.33 bits per heavy atom. The highest BCUT2D eigenvalue weighted by Crippen LogP contribution is 2.34. The Kier molecular flexibility index (Phi) is 3.97. The summed E-state index contributed by atoms with van der Waals surface area (Å²) >= 11 is 0. The summed E-state index contributed by atoms with van der Waals surface area (Å²) in [5.41, 5.74) is 15.7. The number of carbonyl (C=O) groups is 1. The molecule has 0 saturated heterocycles. The number of anilines is 1. The smallest absolute Gasteiger partial charge is 0.336 e. The van der Waals surface area contributed by atoms with E-state index in [9.17, 15) is 9.90 Å². The van der Waals surface area contributed by atoms with E-state index in [2.05, 4.69) is 10.0 Å². The number of nitrogens with two attached hydrogens (primary N) is 1. The first-order valence-corrected chi connectivity index (χ1v) is 5.93. The molecule has 0 aliphatic rings. The number of methoxy groups -OCH3 is 1. The van der Waals surface area contributed by atoms with Crippen LogP contribution in [0.15, 0.2) is 41.5 Å². The molecule has 0 saturated carbocycles. The first-order valence-electron chi connectivity index (χ1n) is 5.93. The Balaban J connectivity index is 2.65. The van der Waals surface area contributed by atoms with Crippen molar-refractivity contribution in [2.24, 2.45) is 5.11 Å². The Morgan fingerprint density at radius 2 is 2.00 bits per heavy atom. The first-order chi connectivity index (χ1) is 10.1. The van der Waals surface area contributed by atoms with E-state index in [0.717, 1.165) is 0 Å². The van der Waals surface area contributed by atoms with Gasteiger partial charge >= 0.3 is 5.97 Å². The number of nitrogens with zero attached hydrogens (tertiary/aromatic N) is 3. The number of carboxylic acid groups (broad SMARTS) is 1. The fourth-order valence-corrected chi connectivity index (χ4v) is 2.01. The number of aromatic carboxylic acids is 1. The minimum absolute atomic E-state index is 0.0254. The summed E-state index contributed by atoms with van der Waals surface area (Å²) < 4.78 is 5.06. The van der Waals surface area contributed by atoms with Crippen molar-refractivity contribution in [3.8, 4) is 16.9 Å². The van der Waals surface area contributed by atoms with Crippen LogP contribution in [0.3, 0.4) is 0 Å². The third kappa shape index (κ3) is 2.88. The van der Waals surface area contributed by atoms with E-state index in [0.29, 0.717) is 16.9 Å². The molecule has 106 valence electrons. The van der Waals surface area contributed by atoms with Crippen LogP contribution in [0, 0.1) is 0 Å². The average molecular weight is 284 g/mol. The van der Waals surface area contributed by atoms with Crippen LogP contribution in [-0.4, -0.2) is 18.2 Å². The third-order valence-electron chi connectivity index (χ3n) is 2.92. The number of benzene rings is 2. The van der Waals surface area contributed by atoms with Crippen LogP contribution in [0.4, 0.5) is 11.4 Å². The Bertz CT molecular complexity index is 735. The number of carboxylic acids is 1. The molecule has 0 aliphatic heterocycles. The van der Waals surface area contributed by atoms with E-state index in [4.69, 9.17) is 16.0 Å². The lowest BCUT2D eigenvalue weighted by Crippen LogP contribution is -2.03. The fourth-order valence-electron chi connectivity index (χ4n) is 2.01. The van der Waals surface area contributed by atoms with Crippen LogP contribution in [0.25, 0.3) is 21.6 Å². The lowest BCUT2D eigenvalue weighted by Gasteiger charge is -2.11. The molecule has 0 unspecified atom stereocenters. The molecule has 2 rings (SSSR count). The van der Waals surface area contributed by atoms with Gasteiger partial charge in [0.1, 0.15) is 5.75 Å². The van der Waals surface area contributed by atoms with Gasteiger partial charge in [0.15, 0.2) is 0 Å². The van der Waals surface area contributed by atoms with Gasteiger partial charge in [0.05, 0.1) is 12.7 Å². The zero-order chi connectivity index (χ0) is 15.4. The lowest BCUT2D eigenvalue weighted by atomic mass is 9.97. The molecule has 0 aliphatic carbocycles. The molecule has 7 nitrogen and oxygen atoms in total. The van der Waals surface area contributed by atoms with Crippen molar-refractivity contribution in [3.05, 3.63) is 52.4 Å². The molecule has 0 atom stereocenters. The summed E-state index contributed by atoms with van der Waals surface area (Å²) in [7, 11) is 1.54. The third-order valence-corrected chi connectivity index (χ3v) is 2.92. The maximum atomic E-state index is 11.4. The largest absolute Gasteiger partial charge is 0.497 e. The minimum atomic E-state index is -1.15. The van der Waals surface area contributed by atoms with E-state index < -0.39 is 5.97 Å². The van der Waals surface area contributed by atoms with Crippen molar-refractivity contribution in [1.82, 2.24) is 0 Å². The topological polar surface area (TPSA) is 121 Å². The Morgan fingerprint density at radius 3 is 2.52 bits per heavy atom. The molecule has 2 aromatic carbocycles. The highest BCUT2D eigenvalue weighted by molar-refractivity contribution is 6.01. The van der Waals surface area contributed by atoms with Crippen LogP contribution >= 0.6 is 0 Å². The average Bonchev–Trinajstić information content (AvgIpc) is 2.47. The fraction of sp³-hybridized carbons (Fsp3) is 0.0714. The second-order valence-corrected chi connectivity index (χ2v) is 4.18. The summed E-state index contributed by atoms with van der Waals surface area (Å²) in [6.07, 6.45) is 0. The molecule has 7 heteroatoms. The monoisotopic (exact) mass is 284 g/mol. The highest BCUT2D eigenvalue weighted by atomic mass is 16.5.